The first kappa shape index (κ1) is 12.2. The maximum absolute atomic E-state index is 4.33. The zero-order valence-electron chi connectivity index (χ0n) is 10.6. The van der Waals surface area contributed by atoms with E-state index in [1.54, 1.807) is 0 Å². The average Bonchev–Trinajstić information content (AvgIpc) is 2.42. The summed E-state index contributed by atoms with van der Waals surface area (Å²) in [5.41, 5.74) is 2.55. The van der Waals surface area contributed by atoms with Crippen molar-refractivity contribution < 1.29 is 0 Å². The predicted molar refractivity (Wildman–Crippen MR) is 63.8 cm³/mol. The maximum Gasteiger partial charge on any atom is 0.0597 e. The summed E-state index contributed by atoms with van der Waals surface area (Å²) in [6.07, 6.45) is 2.41. The Balaban J connectivity index is 2.53. The van der Waals surface area contributed by atoms with Crippen molar-refractivity contribution in [2.24, 2.45) is 7.05 Å². The molecule has 0 radical (unpaired) electrons. The van der Waals surface area contributed by atoms with Gasteiger partial charge in [-0.2, -0.15) is 5.10 Å². The Morgan fingerprint density at radius 3 is 2.60 bits per heavy atom. The second-order valence-electron chi connectivity index (χ2n) is 4.89. The Kier molecular flexibility index (Phi) is 3.91. The Labute approximate surface area is 92.9 Å². The fourth-order valence-corrected chi connectivity index (χ4v) is 1.87. The minimum Gasteiger partial charge on any atom is -0.306 e. The van der Waals surface area contributed by atoms with Gasteiger partial charge in [-0.05, 0) is 33.3 Å². The van der Waals surface area contributed by atoms with E-state index in [1.807, 2.05) is 18.7 Å². The molecule has 3 heteroatoms. The molecule has 0 amide bonds. The van der Waals surface area contributed by atoms with Crippen LogP contribution >= 0.6 is 0 Å². The lowest BCUT2D eigenvalue weighted by Crippen LogP contribution is -2.38. The van der Waals surface area contributed by atoms with E-state index >= 15 is 0 Å². The number of nitrogens with one attached hydrogen (secondary N) is 1. The van der Waals surface area contributed by atoms with Gasteiger partial charge in [-0.15, -0.1) is 0 Å². The van der Waals surface area contributed by atoms with E-state index in [9.17, 15) is 0 Å². The minimum atomic E-state index is 0.215. The second-order valence-corrected chi connectivity index (χ2v) is 4.89. The van der Waals surface area contributed by atoms with Crippen molar-refractivity contribution in [3.05, 3.63) is 17.5 Å². The van der Waals surface area contributed by atoms with Crippen LogP contribution in [-0.2, 0) is 13.6 Å². The lowest BCUT2D eigenvalue weighted by Gasteiger charge is -2.25. The fourth-order valence-electron chi connectivity index (χ4n) is 1.87. The molecule has 0 fully saturated rings. The normalized spacial score (nSPS) is 12.1. The quantitative estimate of drug-likeness (QED) is 0.807. The summed E-state index contributed by atoms with van der Waals surface area (Å²) in [5.74, 6) is 0. The number of aromatic nitrogens is 2. The third kappa shape index (κ3) is 3.67. The van der Waals surface area contributed by atoms with Gasteiger partial charge < -0.3 is 5.32 Å². The van der Waals surface area contributed by atoms with Crippen LogP contribution in [0.15, 0.2) is 6.07 Å². The molecule has 1 aromatic rings. The zero-order chi connectivity index (χ0) is 11.5. The smallest absolute Gasteiger partial charge is 0.0597 e. The molecule has 0 atom stereocenters. The molecule has 86 valence electrons. The second kappa shape index (κ2) is 4.79. The third-order valence-corrected chi connectivity index (χ3v) is 2.72. The van der Waals surface area contributed by atoms with Gasteiger partial charge in [-0.25, -0.2) is 0 Å². The van der Waals surface area contributed by atoms with Gasteiger partial charge >= 0.3 is 0 Å². The molecule has 0 aromatic carbocycles. The lowest BCUT2D eigenvalue weighted by molar-refractivity contribution is 0.352. The van der Waals surface area contributed by atoms with Crippen LogP contribution in [-0.4, -0.2) is 15.3 Å². The summed E-state index contributed by atoms with van der Waals surface area (Å²) >= 11 is 0. The summed E-state index contributed by atoms with van der Waals surface area (Å²) in [5, 5.41) is 7.90. The number of rotatable bonds is 5. The van der Waals surface area contributed by atoms with Crippen LogP contribution < -0.4 is 5.32 Å². The van der Waals surface area contributed by atoms with Gasteiger partial charge in [0.15, 0.2) is 0 Å². The van der Waals surface area contributed by atoms with Gasteiger partial charge in [-0.3, -0.25) is 4.68 Å². The highest BCUT2D eigenvalue weighted by Crippen LogP contribution is 2.12. The molecule has 3 nitrogen and oxygen atoms in total. The van der Waals surface area contributed by atoms with Gasteiger partial charge in [0.2, 0.25) is 0 Å². The van der Waals surface area contributed by atoms with Crippen LogP contribution in [0.4, 0.5) is 0 Å². The zero-order valence-corrected chi connectivity index (χ0v) is 10.6. The highest BCUT2D eigenvalue weighted by atomic mass is 15.3. The van der Waals surface area contributed by atoms with Crippen molar-refractivity contribution in [2.45, 2.75) is 52.6 Å². The predicted octanol–water partition coefficient (Wildman–Crippen LogP) is 2.40. The number of nitrogens with zero attached hydrogens (tertiary/aromatic N) is 2. The Hall–Kier alpha value is -0.830. The molecular formula is C12H23N3. The summed E-state index contributed by atoms with van der Waals surface area (Å²) in [6.45, 7) is 9.64. The molecule has 0 unspecified atom stereocenters. The monoisotopic (exact) mass is 209 g/mol. The van der Waals surface area contributed by atoms with Gasteiger partial charge in [-0.1, -0.05) is 13.3 Å². The van der Waals surface area contributed by atoms with E-state index in [-0.39, 0.29) is 5.54 Å². The van der Waals surface area contributed by atoms with Crippen LogP contribution in [0.2, 0.25) is 0 Å². The van der Waals surface area contributed by atoms with Gasteiger partial charge in [0.25, 0.3) is 0 Å². The van der Waals surface area contributed by atoms with Gasteiger partial charge in [0.05, 0.1) is 11.4 Å². The van der Waals surface area contributed by atoms with E-state index < -0.39 is 0 Å². The number of hydrogen-bond donors (Lipinski definition) is 1. The van der Waals surface area contributed by atoms with Gasteiger partial charge in [0.1, 0.15) is 0 Å². The van der Waals surface area contributed by atoms with E-state index in [1.165, 1.54) is 18.5 Å². The summed E-state index contributed by atoms with van der Waals surface area (Å²) in [6, 6.07) is 2.13. The topological polar surface area (TPSA) is 29.9 Å². The van der Waals surface area contributed by atoms with Crippen LogP contribution in [0.25, 0.3) is 0 Å². The molecule has 15 heavy (non-hydrogen) atoms. The molecule has 1 heterocycles. The Bertz CT molecular complexity index is 313. The maximum atomic E-state index is 4.33. The summed E-state index contributed by atoms with van der Waals surface area (Å²) < 4.78 is 1.95. The van der Waals surface area contributed by atoms with E-state index in [0.717, 1.165) is 12.2 Å². The molecule has 0 saturated heterocycles. The van der Waals surface area contributed by atoms with Crippen molar-refractivity contribution in [3.8, 4) is 0 Å². The average molecular weight is 209 g/mol. The van der Waals surface area contributed by atoms with Crippen LogP contribution in [0.5, 0.6) is 0 Å². The SMILES string of the molecule is CCCC(C)(C)NCc1cc(C)nn1C. The molecule has 0 aliphatic heterocycles. The molecule has 0 aliphatic carbocycles. The highest BCUT2D eigenvalue weighted by Gasteiger charge is 2.15. The molecule has 1 rings (SSSR count). The standard InChI is InChI=1S/C12H23N3/c1-6-7-12(3,4)13-9-11-8-10(2)14-15(11)5/h8,13H,6-7,9H2,1-5H3. The van der Waals surface area contributed by atoms with Crippen LogP contribution in [0.1, 0.15) is 45.0 Å². The molecular weight excluding hydrogens is 186 g/mol. The third-order valence-electron chi connectivity index (χ3n) is 2.72. The largest absolute Gasteiger partial charge is 0.306 e. The molecule has 1 N–H and O–H groups in total. The van der Waals surface area contributed by atoms with Gasteiger partial charge in [0, 0.05) is 19.1 Å². The van der Waals surface area contributed by atoms with E-state index in [4.69, 9.17) is 0 Å². The minimum absolute atomic E-state index is 0.215. The molecule has 0 saturated carbocycles. The first-order valence-corrected chi connectivity index (χ1v) is 5.69. The molecule has 1 aromatic heterocycles. The van der Waals surface area contributed by atoms with Crippen molar-refractivity contribution in [2.75, 3.05) is 0 Å². The van der Waals surface area contributed by atoms with E-state index in [0.29, 0.717) is 0 Å². The van der Waals surface area contributed by atoms with Crippen molar-refractivity contribution in [1.29, 1.82) is 0 Å². The Morgan fingerprint density at radius 2 is 2.13 bits per heavy atom. The van der Waals surface area contributed by atoms with Crippen molar-refractivity contribution in [3.63, 3.8) is 0 Å². The van der Waals surface area contributed by atoms with Crippen LogP contribution in [0.3, 0.4) is 0 Å². The molecule has 0 spiro atoms. The van der Waals surface area contributed by atoms with Crippen molar-refractivity contribution >= 4 is 0 Å². The molecule has 0 aliphatic rings. The molecule has 0 bridgehead atoms. The summed E-state index contributed by atoms with van der Waals surface area (Å²) in [4.78, 5) is 0. The van der Waals surface area contributed by atoms with E-state index in [2.05, 4.69) is 37.3 Å². The lowest BCUT2D eigenvalue weighted by atomic mass is 9.99. The van der Waals surface area contributed by atoms with Crippen molar-refractivity contribution in [1.82, 2.24) is 15.1 Å². The number of aryl methyl sites for hydroxylation is 2. The Morgan fingerprint density at radius 1 is 1.47 bits per heavy atom. The summed E-state index contributed by atoms with van der Waals surface area (Å²) in [7, 11) is 2.00. The van der Waals surface area contributed by atoms with Crippen LogP contribution in [0, 0.1) is 6.92 Å². The number of hydrogen-bond acceptors (Lipinski definition) is 2. The first-order valence-electron chi connectivity index (χ1n) is 5.69. The highest BCUT2D eigenvalue weighted by molar-refractivity contribution is 5.08. The fraction of sp³-hybridized carbons (Fsp3) is 0.750. The first-order chi connectivity index (χ1) is 6.94.